The monoisotopic (exact) mass is 337 g/mol. The summed E-state index contributed by atoms with van der Waals surface area (Å²) < 4.78 is 24.7. The Morgan fingerprint density at radius 2 is 2.17 bits per heavy atom. The van der Waals surface area contributed by atoms with Crippen molar-refractivity contribution in [3.05, 3.63) is 34.2 Å². The van der Waals surface area contributed by atoms with E-state index in [1.807, 2.05) is 6.92 Å². The predicted molar refractivity (Wildman–Crippen MR) is 87.4 cm³/mol. The quantitative estimate of drug-likeness (QED) is 0.888. The van der Waals surface area contributed by atoms with Gasteiger partial charge in [-0.05, 0) is 31.5 Å². The summed E-state index contributed by atoms with van der Waals surface area (Å²) in [4.78, 5) is 28.7. The second kappa shape index (κ2) is 5.52. The minimum atomic E-state index is -3.04. The van der Waals surface area contributed by atoms with E-state index in [1.165, 1.54) is 4.90 Å². The molecule has 1 aliphatic heterocycles. The SMILES string of the molecule is CCn1c(=O)[nH]c2ccc(C(=O)N(C)C3CCS(=O)(=O)C3)cc21. The molecule has 0 spiro atoms. The second-order valence-electron chi connectivity index (χ2n) is 5.88. The van der Waals surface area contributed by atoms with E-state index in [-0.39, 0.29) is 29.1 Å². The minimum absolute atomic E-state index is 0.0152. The molecule has 1 unspecified atom stereocenters. The fraction of sp³-hybridized carbons (Fsp3) is 0.467. The number of hydrogen-bond donors (Lipinski definition) is 1. The maximum Gasteiger partial charge on any atom is 0.326 e. The Hall–Kier alpha value is -2.09. The fourth-order valence-corrected chi connectivity index (χ4v) is 4.82. The number of aromatic nitrogens is 2. The third kappa shape index (κ3) is 2.78. The molecule has 1 saturated heterocycles. The number of aromatic amines is 1. The van der Waals surface area contributed by atoms with Gasteiger partial charge in [0, 0.05) is 25.2 Å². The Balaban J connectivity index is 1.93. The molecule has 1 atom stereocenters. The molecule has 8 heteroatoms. The number of nitrogens with one attached hydrogen (secondary N) is 1. The van der Waals surface area contributed by atoms with E-state index in [2.05, 4.69) is 4.98 Å². The summed E-state index contributed by atoms with van der Waals surface area (Å²) in [6.07, 6.45) is 0.469. The number of hydrogen-bond acceptors (Lipinski definition) is 4. The van der Waals surface area contributed by atoms with Crippen molar-refractivity contribution in [1.29, 1.82) is 0 Å². The summed E-state index contributed by atoms with van der Waals surface area (Å²) in [6, 6.07) is 4.75. The lowest BCUT2D eigenvalue weighted by atomic mass is 10.1. The van der Waals surface area contributed by atoms with Crippen LogP contribution in [-0.4, -0.2) is 53.4 Å². The van der Waals surface area contributed by atoms with Gasteiger partial charge in [0.15, 0.2) is 9.84 Å². The van der Waals surface area contributed by atoms with E-state index in [1.54, 1.807) is 29.8 Å². The number of carbonyl (C=O) groups is 1. The lowest BCUT2D eigenvalue weighted by molar-refractivity contribution is 0.0748. The lowest BCUT2D eigenvalue weighted by Gasteiger charge is -2.23. The molecule has 2 aromatic rings. The zero-order chi connectivity index (χ0) is 16.8. The summed E-state index contributed by atoms with van der Waals surface area (Å²) in [5.74, 6) is -0.0895. The van der Waals surface area contributed by atoms with E-state index < -0.39 is 9.84 Å². The molecular weight excluding hydrogens is 318 g/mol. The van der Waals surface area contributed by atoms with Crippen molar-refractivity contribution in [2.24, 2.45) is 0 Å². The molecule has 1 fully saturated rings. The third-order valence-corrected chi connectivity index (χ3v) is 6.17. The van der Waals surface area contributed by atoms with Crippen LogP contribution in [-0.2, 0) is 16.4 Å². The molecule has 0 aliphatic carbocycles. The first-order valence-electron chi connectivity index (χ1n) is 7.52. The molecule has 23 heavy (non-hydrogen) atoms. The third-order valence-electron chi connectivity index (χ3n) is 4.41. The van der Waals surface area contributed by atoms with Crippen LogP contribution in [0.3, 0.4) is 0 Å². The zero-order valence-corrected chi connectivity index (χ0v) is 13.9. The van der Waals surface area contributed by atoms with Crippen LogP contribution in [0.2, 0.25) is 0 Å². The number of imidazole rings is 1. The van der Waals surface area contributed by atoms with Crippen LogP contribution >= 0.6 is 0 Å². The van der Waals surface area contributed by atoms with E-state index >= 15 is 0 Å². The molecule has 3 rings (SSSR count). The largest absolute Gasteiger partial charge is 0.338 e. The molecular formula is C15H19N3O4S. The average molecular weight is 337 g/mol. The summed E-state index contributed by atoms with van der Waals surface area (Å²) in [6.45, 7) is 2.37. The van der Waals surface area contributed by atoms with Crippen LogP contribution < -0.4 is 5.69 Å². The highest BCUT2D eigenvalue weighted by atomic mass is 32.2. The number of benzene rings is 1. The number of aryl methyl sites for hydroxylation is 1. The number of rotatable bonds is 3. The van der Waals surface area contributed by atoms with E-state index in [0.717, 1.165) is 0 Å². The van der Waals surface area contributed by atoms with E-state index in [0.29, 0.717) is 29.6 Å². The topological polar surface area (TPSA) is 92.2 Å². The maximum atomic E-state index is 12.6. The first-order chi connectivity index (χ1) is 10.8. The Labute approximate surface area is 133 Å². The summed E-state index contributed by atoms with van der Waals surface area (Å²) in [5.41, 5.74) is 1.60. The predicted octanol–water partition coefficient (Wildman–Crippen LogP) is 0.609. The molecule has 1 N–H and O–H groups in total. The van der Waals surface area contributed by atoms with E-state index in [9.17, 15) is 18.0 Å². The van der Waals surface area contributed by atoms with Gasteiger partial charge in [-0.15, -0.1) is 0 Å². The zero-order valence-electron chi connectivity index (χ0n) is 13.1. The van der Waals surface area contributed by atoms with Gasteiger partial charge in [0.1, 0.15) is 0 Å². The fourth-order valence-electron chi connectivity index (χ4n) is 3.05. The van der Waals surface area contributed by atoms with Crippen molar-refractivity contribution < 1.29 is 13.2 Å². The highest BCUT2D eigenvalue weighted by Crippen LogP contribution is 2.20. The molecule has 1 aromatic carbocycles. The molecule has 7 nitrogen and oxygen atoms in total. The number of amides is 1. The van der Waals surface area contributed by atoms with Crippen LogP contribution in [0, 0.1) is 0 Å². The Morgan fingerprint density at radius 1 is 1.43 bits per heavy atom. The first-order valence-corrected chi connectivity index (χ1v) is 9.34. The van der Waals surface area contributed by atoms with Crippen molar-refractivity contribution in [2.45, 2.75) is 25.9 Å². The Kier molecular flexibility index (Phi) is 3.79. The van der Waals surface area contributed by atoms with Crippen LogP contribution in [0.5, 0.6) is 0 Å². The van der Waals surface area contributed by atoms with Crippen molar-refractivity contribution in [1.82, 2.24) is 14.5 Å². The van der Waals surface area contributed by atoms with Gasteiger partial charge < -0.3 is 9.88 Å². The molecule has 0 bridgehead atoms. The van der Waals surface area contributed by atoms with Gasteiger partial charge in [-0.1, -0.05) is 0 Å². The Morgan fingerprint density at radius 3 is 2.78 bits per heavy atom. The van der Waals surface area contributed by atoms with Crippen molar-refractivity contribution >= 4 is 26.8 Å². The normalized spacial score (nSPS) is 20.0. The van der Waals surface area contributed by atoms with Crippen LogP contribution in [0.15, 0.2) is 23.0 Å². The van der Waals surface area contributed by atoms with Gasteiger partial charge in [-0.3, -0.25) is 9.36 Å². The molecule has 0 radical (unpaired) electrons. The number of fused-ring (bicyclic) bond motifs is 1. The van der Waals surface area contributed by atoms with Gasteiger partial charge in [-0.25, -0.2) is 13.2 Å². The number of H-pyrrole nitrogens is 1. The minimum Gasteiger partial charge on any atom is -0.338 e. The number of carbonyl (C=O) groups excluding carboxylic acids is 1. The van der Waals surface area contributed by atoms with Gasteiger partial charge in [-0.2, -0.15) is 0 Å². The van der Waals surface area contributed by atoms with Crippen LogP contribution in [0.25, 0.3) is 11.0 Å². The lowest BCUT2D eigenvalue weighted by Crippen LogP contribution is -2.37. The van der Waals surface area contributed by atoms with Crippen LogP contribution in [0.1, 0.15) is 23.7 Å². The number of nitrogens with zero attached hydrogens (tertiary/aromatic N) is 2. The highest BCUT2D eigenvalue weighted by Gasteiger charge is 2.33. The van der Waals surface area contributed by atoms with Gasteiger partial charge >= 0.3 is 5.69 Å². The van der Waals surface area contributed by atoms with Crippen molar-refractivity contribution in [2.75, 3.05) is 18.6 Å². The van der Waals surface area contributed by atoms with Crippen molar-refractivity contribution in [3.8, 4) is 0 Å². The summed E-state index contributed by atoms with van der Waals surface area (Å²) in [7, 11) is -1.42. The first kappa shape index (κ1) is 15.8. The molecule has 2 heterocycles. The van der Waals surface area contributed by atoms with Crippen LogP contribution in [0.4, 0.5) is 0 Å². The second-order valence-corrected chi connectivity index (χ2v) is 8.11. The van der Waals surface area contributed by atoms with Gasteiger partial charge in [0.2, 0.25) is 0 Å². The van der Waals surface area contributed by atoms with Crippen molar-refractivity contribution in [3.63, 3.8) is 0 Å². The molecule has 0 saturated carbocycles. The molecule has 1 amide bonds. The van der Waals surface area contributed by atoms with Gasteiger partial charge in [0.05, 0.1) is 22.5 Å². The highest BCUT2D eigenvalue weighted by molar-refractivity contribution is 7.91. The number of sulfone groups is 1. The molecule has 1 aromatic heterocycles. The van der Waals surface area contributed by atoms with Gasteiger partial charge in [0.25, 0.3) is 5.91 Å². The molecule has 1 aliphatic rings. The average Bonchev–Trinajstić information content (AvgIpc) is 3.03. The maximum absolute atomic E-state index is 12.6. The standard InChI is InChI=1S/C15H19N3O4S/c1-3-18-13-8-10(4-5-12(13)16-15(18)20)14(19)17(2)11-6-7-23(21,22)9-11/h4-5,8,11H,3,6-7,9H2,1-2H3,(H,16,20). The molecule has 124 valence electrons. The van der Waals surface area contributed by atoms with E-state index in [4.69, 9.17) is 0 Å². The smallest absolute Gasteiger partial charge is 0.326 e. The Bertz CT molecular complexity index is 926. The summed E-state index contributed by atoms with van der Waals surface area (Å²) in [5, 5.41) is 0. The summed E-state index contributed by atoms with van der Waals surface area (Å²) >= 11 is 0.